The summed E-state index contributed by atoms with van der Waals surface area (Å²) in [6.07, 6.45) is 5.62. The molecule has 1 atom stereocenters. The number of halogens is 1. The van der Waals surface area contributed by atoms with E-state index in [1.165, 1.54) is 12.8 Å². The molecule has 0 spiro atoms. The van der Waals surface area contributed by atoms with E-state index < -0.39 is 6.10 Å². The topological polar surface area (TPSA) is 42.4 Å². The zero-order valence-electron chi connectivity index (χ0n) is 11.1. The number of aromatic nitrogens is 1. The summed E-state index contributed by atoms with van der Waals surface area (Å²) in [6, 6.07) is 3.46. The first-order chi connectivity index (χ1) is 9.18. The molecule has 1 amide bonds. The molecule has 1 aromatic rings. The number of nitrogens with zero attached hydrogens (tertiary/aromatic N) is 2. The van der Waals surface area contributed by atoms with Crippen LogP contribution in [-0.2, 0) is 4.79 Å². The van der Waals surface area contributed by atoms with Crippen molar-refractivity contribution in [3.8, 4) is 5.75 Å². The molecule has 0 N–H and O–H groups in total. The fourth-order valence-corrected chi connectivity index (χ4v) is 2.41. The van der Waals surface area contributed by atoms with Crippen LogP contribution >= 0.6 is 11.6 Å². The Balaban J connectivity index is 1.97. The second-order valence-corrected chi connectivity index (χ2v) is 5.15. The van der Waals surface area contributed by atoms with E-state index in [-0.39, 0.29) is 11.1 Å². The van der Waals surface area contributed by atoms with Crippen LogP contribution in [0.3, 0.4) is 0 Å². The third kappa shape index (κ3) is 3.83. The van der Waals surface area contributed by atoms with Crippen LogP contribution in [0, 0.1) is 0 Å². The van der Waals surface area contributed by atoms with E-state index in [0.29, 0.717) is 5.75 Å². The van der Waals surface area contributed by atoms with Crippen molar-refractivity contribution in [1.82, 2.24) is 9.88 Å². The number of hydrogen-bond acceptors (Lipinski definition) is 3. The van der Waals surface area contributed by atoms with Crippen molar-refractivity contribution in [3.63, 3.8) is 0 Å². The van der Waals surface area contributed by atoms with Crippen molar-refractivity contribution in [2.45, 2.75) is 38.7 Å². The third-order valence-corrected chi connectivity index (χ3v) is 3.58. The molecule has 1 fully saturated rings. The van der Waals surface area contributed by atoms with E-state index >= 15 is 0 Å². The largest absolute Gasteiger partial charge is 0.478 e. The molecule has 0 aliphatic carbocycles. The van der Waals surface area contributed by atoms with Crippen LogP contribution in [-0.4, -0.2) is 35.0 Å². The highest BCUT2D eigenvalue weighted by molar-refractivity contribution is 6.30. The van der Waals surface area contributed by atoms with Crippen molar-refractivity contribution < 1.29 is 9.53 Å². The quantitative estimate of drug-likeness (QED) is 0.801. The van der Waals surface area contributed by atoms with Gasteiger partial charge in [-0.2, -0.15) is 0 Å². The SMILES string of the molecule is CC(Oc1cccnc1Cl)C(=O)N1CCCCCC1. The lowest BCUT2D eigenvalue weighted by Gasteiger charge is -2.24. The second kappa shape index (κ2) is 6.75. The Bertz CT molecular complexity index is 431. The van der Waals surface area contributed by atoms with Crippen LogP contribution in [0.5, 0.6) is 5.75 Å². The maximum absolute atomic E-state index is 12.3. The van der Waals surface area contributed by atoms with Crippen LogP contribution in [0.15, 0.2) is 18.3 Å². The Morgan fingerprint density at radius 1 is 1.37 bits per heavy atom. The molecular weight excluding hydrogens is 264 g/mol. The van der Waals surface area contributed by atoms with Crippen molar-refractivity contribution in [1.29, 1.82) is 0 Å². The molecule has 5 heteroatoms. The van der Waals surface area contributed by atoms with Crippen molar-refractivity contribution in [2.24, 2.45) is 0 Å². The Morgan fingerprint density at radius 3 is 2.68 bits per heavy atom. The minimum Gasteiger partial charge on any atom is -0.478 e. The van der Waals surface area contributed by atoms with Crippen LogP contribution in [0.1, 0.15) is 32.6 Å². The van der Waals surface area contributed by atoms with Crippen molar-refractivity contribution in [3.05, 3.63) is 23.5 Å². The summed E-state index contributed by atoms with van der Waals surface area (Å²) in [4.78, 5) is 18.1. The first-order valence-corrected chi connectivity index (χ1v) is 7.12. The van der Waals surface area contributed by atoms with E-state index in [9.17, 15) is 4.79 Å². The first kappa shape index (κ1) is 14.1. The molecule has 0 radical (unpaired) electrons. The summed E-state index contributed by atoms with van der Waals surface area (Å²) < 4.78 is 5.62. The molecule has 2 rings (SSSR count). The van der Waals surface area contributed by atoms with Gasteiger partial charge in [-0.3, -0.25) is 4.79 Å². The lowest BCUT2D eigenvalue weighted by Crippen LogP contribution is -2.41. The zero-order valence-corrected chi connectivity index (χ0v) is 11.9. The molecule has 104 valence electrons. The summed E-state index contributed by atoms with van der Waals surface area (Å²) in [7, 11) is 0. The number of hydrogen-bond donors (Lipinski definition) is 0. The lowest BCUT2D eigenvalue weighted by atomic mass is 10.2. The number of pyridine rings is 1. The Morgan fingerprint density at radius 2 is 2.05 bits per heavy atom. The van der Waals surface area contributed by atoms with Gasteiger partial charge in [0.2, 0.25) is 0 Å². The van der Waals surface area contributed by atoms with Gasteiger partial charge in [0.1, 0.15) is 0 Å². The normalized spacial score (nSPS) is 17.7. The number of rotatable bonds is 3. The molecule has 1 aliphatic heterocycles. The molecule has 1 aromatic heterocycles. The van der Waals surface area contributed by atoms with Crippen molar-refractivity contribution in [2.75, 3.05) is 13.1 Å². The van der Waals surface area contributed by atoms with E-state index in [2.05, 4.69) is 4.98 Å². The van der Waals surface area contributed by atoms with Crippen LogP contribution in [0.25, 0.3) is 0 Å². The van der Waals surface area contributed by atoms with E-state index in [0.717, 1.165) is 25.9 Å². The van der Waals surface area contributed by atoms with E-state index in [1.807, 2.05) is 4.90 Å². The summed E-state index contributed by atoms with van der Waals surface area (Å²) in [6.45, 7) is 3.41. The molecule has 0 saturated carbocycles. The number of likely N-dealkylation sites (tertiary alicyclic amines) is 1. The summed E-state index contributed by atoms with van der Waals surface area (Å²) in [5, 5.41) is 0.290. The minimum absolute atomic E-state index is 0.0295. The van der Waals surface area contributed by atoms with E-state index in [4.69, 9.17) is 16.3 Å². The summed E-state index contributed by atoms with van der Waals surface area (Å²) in [5.41, 5.74) is 0. The Labute approximate surface area is 118 Å². The van der Waals surface area contributed by atoms with Crippen LogP contribution in [0.4, 0.5) is 0 Å². The molecule has 0 bridgehead atoms. The predicted molar refractivity (Wildman–Crippen MR) is 74.4 cm³/mol. The van der Waals surface area contributed by atoms with Gasteiger partial charge in [0.25, 0.3) is 5.91 Å². The maximum atomic E-state index is 12.3. The molecule has 2 heterocycles. The molecule has 1 unspecified atom stereocenters. The predicted octanol–water partition coefficient (Wildman–Crippen LogP) is 2.90. The van der Waals surface area contributed by atoms with E-state index in [1.54, 1.807) is 25.3 Å². The Kier molecular flexibility index (Phi) is 5.02. The van der Waals surface area contributed by atoms with Crippen molar-refractivity contribution >= 4 is 17.5 Å². The van der Waals surface area contributed by atoms with Gasteiger partial charge in [0, 0.05) is 19.3 Å². The van der Waals surface area contributed by atoms with Gasteiger partial charge in [-0.1, -0.05) is 24.4 Å². The van der Waals surface area contributed by atoms with Crippen LogP contribution < -0.4 is 4.74 Å². The fourth-order valence-electron chi connectivity index (χ4n) is 2.25. The minimum atomic E-state index is -0.528. The second-order valence-electron chi connectivity index (χ2n) is 4.79. The molecule has 1 saturated heterocycles. The van der Waals surface area contributed by atoms with Gasteiger partial charge < -0.3 is 9.64 Å². The average molecular weight is 283 g/mol. The lowest BCUT2D eigenvalue weighted by molar-refractivity contribution is -0.137. The smallest absolute Gasteiger partial charge is 0.263 e. The van der Waals surface area contributed by atoms with Gasteiger partial charge in [-0.05, 0) is 31.9 Å². The Hall–Kier alpha value is -1.29. The van der Waals surface area contributed by atoms with Gasteiger partial charge >= 0.3 is 0 Å². The third-order valence-electron chi connectivity index (χ3n) is 3.29. The van der Waals surface area contributed by atoms with Gasteiger partial charge in [-0.15, -0.1) is 0 Å². The highest BCUT2D eigenvalue weighted by atomic mass is 35.5. The summed E-state index contributed by atoms with van der Waals surface area (Å²) in [5.74, 6) is 0.488. The fraction of sp³-hybridized carbons (Fsp3) is 0.571. The molecule has 1 aliphatic rings. The van der Waals surface area contributed by atoms with Gasteiger partial charge in [0.05, 0.1) is 0 Å². The summed E-state index contributed by atoms with van der Waals surface area (Å²) >= 11 is 5.92. The van der Waals surface area contributed by atoms with Gasteiger partial charge in [0.15, 0.2) is 17.0 Å². The highest BCUT2D eigenvalue weighted by Gasteiger charge is 2.23. The molecule has 4 nitrogen and oxygen atoms in total. The number of ether oxygens (including phenoxy) is 1. The monoisotopic (exact) mass is 282 g/mol. The number of amides is 1. The zero-order chi connectivity index (χ0) is 13.7. The first-order valence-electron chi connectivity index (χ1n) is 6.74. The number of carbonyl (C=O) groups excluding carboxylic acids is 1. The van der Waals surface area contributed by atoms with Crippen LogP contribution in [0.2, 0.25) is 5.15 Å². The highest BCUT2D eigenvalue weighted by Crippen LogP contribution is 2.22. The standard InChI is InChI=1S/C14H19ClN2O2/c1-11(19-12-7-6-8-16-13(12)15)14(18)17-9-4-2-3-5-10-17/h6-8,11H,2-5,9-10H2,1H3. The molecule has 0 aromatic carbocycles. The maximum Gasteiger partial charge on any atom is 0.263 e. The van der Waals surface area contributed by atoms with Gasteiger partial charge in [-0.25, -0.2) is 4.98 Å². The number of carbonyl (C=O) groups is 1. The molecule has 19 heavy (non-hydrogen) atoms. The molecular formula is C14H19ClN2O2. The average Bonchev–Trinajstić information content (AvgIpc) is 2.69.